The number of nitrogens with zero attached hydrogens (tertiary/aromatic N) is 2. The average molecular weight is 584 g/mol. The third-order valence-corrected chi connectivity index (χ3v) is 7.03. The van der Waals surface area contributed by atoms with Crippen LogP contribution in [0.25, 0.3) is 0 Å². The number of anilines is 6. The Morgan fingerprint density at radius 2 is 0.700 bits per heavy atom. The van der Waals surface area contributed by atoms with E-state index in [1.165, 1.54) is 0 Å². The molecule has 194 valence electrons. The second-order valence-electron chi connectivity index (χ2n) is 9.25. The Morgan fingerprint density at radius 3 is 1.05 bits per heavy atom. The van der Waals surface area contributed by atoms with Gasteiger partial charge in [0.1, 0.15) is 11.5 Å². The van der Waals surface area contributed by atoms with Crippen molar-refractivity contribution in [3.8, 4) is 11.5 Å². The highest BCUT2D eigenvalue weighted by molar-refractivity contribution is 9.10. The summed E-state index contributed by atoms with van der Waals surface area (Å²) in [6.45, 7) is 0. The fourth-order valence-corrected chi connectivity index (χ4v) is 4.99. The van der Waals surface area contributed by atoms with E-state index in [1.54, 1.807) is 0 Å². The van der Waals surface area contributed by atoms with Gasteiger partial charge in [-0.1, -0.05) is 88.7 Å². The summed E-state index contributed by atoms with van der Waals surface area (Å²) in [4.78, 5) is 4.51. The minimum absolute atomic E-state index is 0.739. The van der Waals surface area contributed by atoms with Crippen molar-refractivity contribution >= 4 is 50.1 Å². The van der Waals surface area contributed by atoms with Gasteiger partial charge in [-0.25, -0.2) is 0 Å². The molecule has 6 aromatic rings. The van der Waals surface area contributed by atoms with E-state index < -0.39 is 0 Å². The van der Waals surface area contributed by atoms with Crippen LogP contribution < -0.4 is 14.5 Å². The summed E-state index contributed by atoms with van der Waals surface area (Å²) >= 11 is 3.53. The summed E-state index contributed by atoms with van der Waals surface area (Å²) in [5.41, 5.74) is 6.22. The molecular weight excluding hydrogens is 556 g/mol. The Morgan fingerprint density at radius 1 is 0.350 bits per heavy atom. The number of halogens is 1. The van der Waals surface area contributed by atoms with Crippen LogP contribution in [0.2, 0.25) is 0 Å². The van der Waals surface area contributed by atoms with E-state index in [9.17, 15) is 0 Å². The summed E-state index contributed by atoms with van der Waals surface area (Å²) in [6, 6.07) is 56.0. The average Bonchev–Trinajstić information content (AvgIpc) is 3.01. The van der Waals surface area contributed by atoms with Gasteiger partial charge in [0.15, 0.2) is 0 Å². The van der Waals surface area contributed by atoms with Crippen molar-refractivity contribution in [2.75, 3.05) is 9.80 Å². The van der Waals surface area contributed by atoms with Gasteiger partial charge in [0.2, 0.25) is 0 Å². The van der Waals surface area contributed by atoms with Crippen molar-refractivity contribution in [3.05, 3.63) is 168 Å². The lowest BCUT2D eigenvalue weighted by molar-refractivity contribution is 0.483. The van der Waals surface area contributed by atoms with E-state index >= 15 is 0 Å². The van der Waals surface area contributed by atoms with Crippen LogP contribution in [0.1, 0.15) is 0 Å². The third kappa shape index (κ3) is 5.78. The van der Waals surface area contributed by atoms with Crippen LogP contribution in [0.5, 0.6) is 11.5 Å². The van der Waals surface area contributed by atoms with Crippen molar-refractivity contribution < 1.29 is 4.74 Å². The molecule has 40 heavy (non-hydrogen) atoms. The lowest BCUT2D eigenvalue weighted by atomic mass is 10.1. The van der Waals surface area contributed by atoms with E-state index in [2.05, 4.69) is 141 Å². The van der Waals surface area contributed by atoms with Crippen LogP contribution in [0.15, 0.2) is 168 Å². The monoisotopic (exact) mass is 582 g/mol. The smallest absolute Gasteiger partial charge is 0.131 e. The molecule has 6 rings (SSSR count). The highest BCUT2D eigenvalue weighted by Crippen LogP contribution is 2.43. The Bertz CT molecular complexity index is 1480. The second-order valence-corrected chi connectivity index (χ2v) is 10.2. The Kier molecular flexibility index (Phi) is 7.60. The molecule has 0 bridgehead atoms. The van der Waals surface area contributed by atoms with Gasteiger partial charge < -0.3 is 14.5 Å². The molecule has 0 amide bonds. The predicted molar refractivity (Wildman–Crippen MR) is 170 cm³/mol. The molecule has 0 unspecified atom stereocenters. The molecule has 0 radical (unpaired) electrons. The van der Waals surface area contributed by atoms with E-state index in [-0.39, 0.29) is 0 Å². The maximum Gasteiger partial charge on any atom is 0.131 e. The van der Waals surface area contributed by atoms with Gasteiger partial charge in [-0.05, 0) is 78.9 Å². The van der Waals surface area contributed by atoms with E-state index in [0.29, 0.717) is 0 Å². The number of hydrogen-bond acceptors (Lipinski definition) is 3. The molecule has 0 saturated heterocycles. The number of benzene rings is 6. The molecule has 0 fully saturated rings. The van der Waals surface area contributed by atoms with Crippen LogP contribution in [0.4, 0.5) is 34.1 Å². The molecule has 0 aliphatic rings. The normalized spacial score (nSPS) is 10.6. The van der Waals surface area contributed by atoms with E-state index in [1.807, 2.05) is 48.5 Å². The largest absolute Gasteiger partial charge is 0.457 e. The van der Waals surface area contributed by atoms with Gasteiger partial charge in [-0.2, -0.15) is 0 Å². The van der Waals surface area contributed by atoms with Crippen molar-refractivity contribution in [1.29, 1.82) is 0 Å². The Labute approximate surface area is 243 Å². The van der Waals surface area contributed by atoms with Gasteiger partial charge >= 0.3 is 0 Å². The Hall–Kier alpha value is -4.80. The van der Waals surface area contributed by atoms with Crippen molar-refractivity contribution in [1.82, 2.24) is 0 Å². The fraction of sp³-hybridized carbons (Fsp3) is 0. The van der Waals surface area contributed by atoms with Gasteiger partial charge in [0.25, 0.3) is 0 Å². The first-order chi connectivity index (χ1) is 19.7. The van der Waals surface area contributed by atoms with Crippen LogP contribution >= 0.6 is 15.9 Å². The van der Waals surface area contributed by atoms with Gasteiger partial charge in [-0.3, -0.25) is 0 Å². The van der Waals surface area contributed by atoms with Gasteiger partial charge in [-0.15, -0.1) is 0 Å². The zero-order valence-corrected chi connectivity index (χ0v) is 23.4. The first-order valence-corrected chi connectivity index (χ1v) is 13.9. The molecule has 0 atom stereocenters. The minimum Gasteiger partial charge on any atom is -0.457 e. The molecule has 0 saturated carbocycles. The minimum atomic E-state index is 0.739. The van der Waals surface area contributed by atoms with Crippen molar-refractivity contribution in [2.45, 2.75) is 0 Å². The zero-order chi connectivity index (χ0) is 27.1. The summed E-state index contributed by atoms with van der Waals surface area (Å²) in [5.74, 6) is 1.51. The van der Waals surface area contributed by atoms with Crippen LogP contribution in [0, 0.1) is 0 Å². The maximum absolute atomic E-state index is 6.48. The molecule has 0 aliphatic carbocycles. The summed E-state index contributed by atoms with van der Waals surface area (Å²) in [7, 11) is 0. The molecule has 3 nitrogen and oxygen atoms in total. The van der Waals surface area contributed by atoms with Crippen LogP contribution in [0.3, 0.4) is 0 Å². The molecule has 0 N–H and O–H groups in total. The first kappa shape index (κ1) is 25.5. The number of para-hydroxylation sites is 4. The number of rotatable bonds is 8. The molecule has 0 aromatic heterocycles. The lowest BCUT2D eigenvalue weighted by Crippen LogP contribution is -2.13. The summed E-state index contributed by atoms with van der Waals surface area (Å²) in [6.07, 6.45) is 0. The molecule has 0 aliphatic heterocycles. The fourth-order valence-electron chi connectivity index (χ4n) is 4.73. The summed E-state index contributed by atoms with van der Waals surface area (Å²) < 4.78 is 7.49. The number of hydrogen-bond donors (Lipinski definition) is 0. The molecule has 0 heterocycles. The highest BCUT2D eigenvalue weighted by Gasteiger charge is 2.19. The summed E-state index contributed by atoms with van der Waals surface area (Å²) in [5, 5.41) is 0. The first-order valence-electron chi connectivity index (χ1n) is 13.1. The molecule has 0 spiro atoms. The zero-order valence-electron chi connectivity index (χ0n) is 21.8. The van der Waals surface area contributed by atoms with Crippen molar-refractivity contribution in [3.63, 3.8) is 0 Å². The maximum atomic E-state index is 6.48. The van der Waals surface area contributed by atoms with E-state index in [4.69, 9.17) is 4.74 Å². The molecular formula is C36H27BrN2O. The SMILES string of the molecule is Brc1ccc(Oc2cc(N(c3ccccc3)c3ccccc3)cc(N(c3ccccc3)c3ccccc3)c2)cc1. The van der Waals surface area contributed by atoms with Gasteiger partial charge in [0, 0.05) is 39.4 Å². The Balaban J connectivity index is 1.56. The lowest BCUT2D eigenvalue weighted by Gasteiger charge is -2.30. The van der Waals surface area contributed by atoms with Crippen LogP contribution in [-0.4, -0.2) is 0 Å². The number of ether oxygens (including phenoxy) is 1. The molecule has 6 aromatic carbocycles. The topological polar surface area (TPSA) is 15.7 Å². The predicted octanol–water partition coefficient (Wildman–Crippen LogP) is 11.2. The van der Waals surface area contributed by atoms with E-state index in [0.717, 1.165) is 50.1 Å². The van der Waals surface area contributed by atoms with Crippen LogP contribution in [-0.2, 0) is 0 Å². The quantitative estimate of drug-likeness (QED) is 0.177. The van der Waals surface area contributed by atoms with Gasteiger partial charge in [0.05, 0.1) is 11.4 Å². The second kappa shape index (κ2) is 11.9. The standard InChI is InChI=1S/C36H27BrN2O/c37-28-21-23-35(24-22-28)40-36-26-33(38(29-13-5-1-6-14-29)30-15-7-2-8-16-30)25-34(27-36)39(31-17-9-3-10-18-31)32-19-11-4-12-20-32/h1-27H. The highest BCUT2D eigenvalue weighted by atomic mass is 79.9. The molecule has 4 heteroatoms. The van der Waals surface area contributed by atoms with Crippen molar-refractivity contribution in [2.24, 2.45) is 0 Å². The third-order valence-electron chi connectivity index (χ3n) is 6.50.